The van der Waals surface area contributed by atoms with E-state index in [-0.39, 0.29) is 5.75 Å². The average molecular weight is 408 g/mol. The zero-order valence-electron chi connectivity index (χ0n) is 13.1. The van der Waals surface area contributed by atoms with Gasteiger partial charge in [-0.2, -0.15) is 0 Å². The van der Waals surface area contributed by atoms with Crippen LogP contribution in [-0.4, -0.2) is 11.3 Å². The van der Waals surface area contributed by atoms with E-state index in [1.54, 1.807) is 24.4 Å². The fraction of sp³-hybridized carbons (Fsp3) is 0. The summed E-state index contributed by atoms with van der Waals surface area (Å²) >= 11 is -0.556. The number of rotatable bonds is 4. The number of benzene rings is 3. The van der Waals surface area contributed by atoms with Crippen molar-refractivity contribution in [1.82, 2.24) is 0 Å². The molecule has 25 heavy (non-hydrogen) atoms. The minimum atomic E-state index is -0.556. The van der Waals surface area contributed by atoms with E-state index in [1.165, 1.54) is 0 Å². The van der Waals surface area contributed by atoms with Gasteiger partial charge in [-0.15, -0.1) is 0 Å². The first-order chi connectivity index (χ1) is 12.2. The van der Waals surface area contributed by atoms with Crippen molar-refractivity contribution in [3.05, 3.63) is 84.4 Å². The van der Waals surface area contributed by atoms with Gasteiger partial charge in [0, 0.05) is 11.8 Å². The van der Waals surface area contributed by atoms with Crippen molar-refractivity contribution in [2.45, 2.75) is 0 Å². The molecule has 6 heteroatoms. The van der Waals surface area contributed by atoms with Crippen LogP contribution in [0.5, 0.6) is 17.2 Å². The summed E-state index contributed by atoms with van der Waals surface area (Å²) in [6.45, 7) is 0. The van der Waals surface area contributed by atoms with Crippen LogP contribution in [0.4, 0.5) is 5.69 Å². The molecule has 0 aliphatic rings. The summed E-state index contributed by atoms with van der Waals surface area (Å²) in [5, 5.41) is 9.77. The predicted molar refractivity (Wildman–Crippen MR) is 100 cm³/mol. The van der Waals surface area contributed by atoms with Crippen LogP contribution in [0, 0.1) is 0 Å². The summed E-state index contributed by atoms with van der Waals surface area (Å²) in [4.78, 5) is 4.42. The number of hydrogen-bond donors (Lipinski definition) is 1. The first kappa shape index (κ1) is 19.5. The van der Waals surface area contributed by atoms with Crippen LogP contribution in [0.15, 0.2) is 83.9 Å². The van der Waals surface area contributed by atoms with Gasteiger partial charge in [0.25, 0.3) is 0 Å². The summed E-state index contributed by atoms with van der Waals surface area (Å²) < 4.78 is 5.85. The van der Waals surface area contributed by atoms with Gasteiger partial charge in [-0.05, 0) is 36.4 Å². The van der Waals surface area contributed by atoms with Gasteiger partial charge >= 0.3 is 35.6 Å². The monoisotopic (exact) mass is 407 g/mol. The van der Waals surface area contributed by atoms with Crippen molar-refractivity contribution in [1.29, 1.82) is 0 Å². The number of phenols is 1. The SMILES string of the molecule is Oc1ccccc1C=Nc1ccccc1Oc1ccccc1.[Cl][Ti][Cl]. The molecule has 3 rings (SSSR count). The zero-order chi connectivity index (χ0) is 17.9. The molecule has 0 unspecified atom stereocenters. The Morgan fingerprint density at radius 2 is 1.44 bits per heavy atom. The van der Waals surface area contributed by atoms with Gasteiger partial charge in [0.1, 0.15) is 17.2 Å². The number of hydrogen-bond acceptors (Lipinski definition) is 3. The maximum atomic E-state index is 9.77. The van der Waals surface area contributed by atoms with Gasteiger partial charge in [-0.1, -0.05) is 42.5 Å². The molecule has 126 valence electrons. The Kier molecular flexibility index (Phi) is 8.57. The van der Waals surface area contributed by atoms with Gasteiger partial charge in [0.15, 0.2) is 5.75 Å². The molecular formula is C19H15Cl2NO2Ti. The van der Waals surface area contributed by atoms with Gasteiger partial charge < -0.3 is 9.84 Å². The van der Waals surface area contributed by atoms with Crippen LogP contribution in [0.25, 0.3) is 0 Å². The Morgan fingerprint density at radius 1 is 0.840 bits per heavy atom. The standard InChI is InChI=1S/C19H15NO2.2ClH.Ti/c21-18-12-6-4-8-15(18)14-20-17-11-5-7-13-19(17)22-16-9-2-1-3-10-16;;;/h1-14,21H;2*1H;/q;;;+2/p-2. The Bertz CT molecular complexity index is 813. The number of phenolic OH excluding ortho intramolecular Hbond substituents is 1. The second-order valence-corrected chi connectivity index (χ2v) is 7.35. The first-order valence-corrected chi connectivity index (χ1v) is 11.6. The van der Waals surface area contributed by atoms with Crippen LogP contribution >= 0.6 is 18.6 Å². The Hall–Kier alpha value is -1.78. The summed E-state index contributed by atoms with van der Waals surface area (Å²) in [6, 6.07) is 24.2. The molecule has 0 fully saturated rings. The van der Waals surface area contributed by atoms with Crippen molar-refractivity contribution in [2.24, 2.45) is 4.99 Å². The van der Waals surface area contributed by atoms with Gasteiger partial charge in [0.05, 0.1) is 0 Å². The third kappa shape index (κ3) is 6.56. The van der Waals surface area contributed by atoms with Crippen molar-refractivity contribution < 1.29 is 26.9 Å². The third-order valence-electron chi connectivity index (χ3n) is 3.12. The summed E-state index contributed by atoms with van der Waals surface area (Å²) in [7, 11) is 9.78. The second-order valence-electron chi connectivity index (χ2n) is 4.77. The summed E-state index contributed by atoms with van der Waals surface area (Å²) in [6.07, 6.45) is 1.63. The molecule has 0 atom stereocenters. The van der Waals surface area contributed by atoms with E-state index in [1.807, 2.05) is 60.7 Å². The van der Waals surface area contributed by atoms with E-state index in [2.05, 4.69) is 4.99 Å². The molecule has 0 saturated heterocycles. The van der Waals surface area contributed by atoms with E-state index in [0.29, 0.717) is 17.0 Å². The molecule has 0 amide bonds. The molecule has 0 radical (unpaired) electrons. The van der Waals surface area contributed by atoms with Crippen molar-refractivity contribution in [3.8, 4) is 17.2 Å². The number of ether oxygens (including phenoxy) is 1. The maximum absolute atomic E-state index is 9.77. The summed E-state index contributed by atoms with van der Waals surface area (Å²) in [5.74, 6) is 1.63. The zero-order valence-corrected chi connectivity index (χ0v) is 16.2. The molecule has 0 spiro atoms. The molecule has 3 nitrogen and oxygen atoms in total. The van der Waals surface area contributed by atoms with Crippen LogP contribution in [0.2, 0.25) is 0 Å². The van der Waals surface area contributed by atoms with Crippen LogP contribution < -0.4 is 4.74 Å². The first-order valence-electron chi connectivity index (χ1n) is 7.35. The fourth-order valence-corrected chi connectivity index (χ4v) is 2.00. The van der Waals surface area contributed by atoms with Crippen LogP contribution in [0.1, 0.15) is 5.56 Å². The number of aliphatic imine (C=N–C) groups is 1. The molecule has 1 N–H and O–H groups in total. The van der Waals surface area contributed by atoms with Crippen LogP contribution in [-0.2, 0) is 17.0 Å². The van der Waals surface area contributed by atoms with E-state index in [0.717, 1.165) is 5.75 Å². The van der Waals surface area contributed by atoms with Crippen molar-refractivity contribution >= 4 is 30.5 Å². The van der Waals surface area contributed by atoms with Crippen molar-refractivity contribution in [2.75, 3.05) is 0 Å². The Balaban J connectivity index is 0.000000701. The number of para-hydroxylation sites is 4. The van der Waals surface area contributed by atoms with E-state index in [9.17, 15) is 5.11 Å². The predicted octanol–water partition coefficient (Wildman–Crippen LogP) is 6.31. The number of halogens is 2. The summed E-state index contributed by atoms with van der Waals surface area (Å²) in [5.41, 5.74) is 1.37. The van der Waals surface area contributed by atoms with Gasteiger partial charge in [0.2, 0.25) is 0 Å². The van der Waals surface area contributed by atoms with Gasteiger partial charge in [-0.25, -0.2) is 0 Å². The number of nitrogens with zero attached hydrogens (tertiary/aromatic N) is 1. The molecule has 0 aromatic heterocycles. The van der Waals surface area contributed by atoms with E-state index < -0.39 is 17.0 Å². The molecule has 0 heterocycles. The Morgan fingerprint density at radius 3 is 2.16 bits per heavy atom. The molecular weight excluding hydrogens is 393 g/mol. The van der Waals surface area contributed by atoms with Gasteiger partial charge in [-0.3, -0.25) is 4.99 Å². The van der Waals surface area contributed by atoms with Crippen LogP contribution in [0.3, 0.4) is 0 Å². The second kappa shape index (κ2) is 11.0. The molecule has 3 aromatic rings. The molecule has 0 saturated carbocycles. The third-order valence-corrected chi connectivity index (χ3v) is 3.12. The molecule has 3 aromatic carbocycles. The van der Waals surface area contributed by atoms with E-state index >= 15 is 0 Å². The average Bonchev–Trinajstić information content (AvgIpc) is 2.64. The quantitative estimate of drug-likeness (QED) is 0.406. The molecule has 0 aliphatic carbocycles. The minimum absolute atomic E-state index is 0.202. The normalized spacial score (nSPS) is 10.0. The van der Waals surface area contributed by atoms with Crippen molar-refractivity contribution in [3.63, 3.8) is 0 Å². The fourth-order valence-electron chi connectivity index (χ4n) is 2.00. The van der Waals surface area contributed by atoms with E-state index in [4.69, 9.17) is 23.3 Å². The molecule has 0 bridgehead atoms. The topological polar surface area (TPSA) is 41.8 Å². The molecule has 0 aliphatic heterocycles. The Labute approximate surface area is 163 Å². The number of aromatic hydroxyl groups is 1.